The zero-order valence-corrected chi connectivity index (χ0v) is 18.5. The molecule has 4 aromatic rings. The van der Waals surface area contributed by atoms with Crippen LogP contribution in [0, 0.1) is 6.92 Å². The normalized spacial score (nSPS) is 13.8. The first-order chi connectivity index (χ1) is 16.1. The van der Waals surface area contributed by atoms with Crippen LogP contribution in [0.5, 0.6) is 0 Å². The van der Waals surface area contributed by atoms with Crippen molar-refractivity contribution in [3.05, 3.63) is 95.7 Å². The molecule has 2 amide bonds. The Kier molecular flexibility index (Phi) is 5.57. The van der Waals surface area contributed by atoms with Crippen molar-refractivity contribution in [2.45, 2.75) is 6.92 Å². The first-order valence-corrected chi connectivity index (χ1v) is 11.1. The van der Waals surface area contributed by atoms with E-state index in [9.17, 15) is 9.59 Å². The molecule has 2 heterocycles. The zero-order chi connectivity index (χ0) is 22.8. The highest BCUT2D eigenvalue weighted by atomic mass is 16.3. The van der Waals surface area contributed by atoms with Gasteiger partial charge in [0.2, 0.25) is 5.76 Å². The average molecular weight is 440 g/mol. The van der Waals surface area contributed by atoms with E-state index >= 15 is 0 Å². The van der Waals surface area contributed by atoms with E-state index in [1.807, 2.05) is 67.6 Å². The van der Waals surface area contributed by atoms with Crippen molar-refractivity contribution >= 4 is 34.2 Å². The van der Waals surface area contributed by atoms with E-state index in [0.717, 1.165) is 24.3 Å². The minimum Gasteiger partial charge on any atom is -0.449 e. The number of carbonyl (C=O) groups is 2. The lowest BCUT2D eigenvalue weighted by molar-refractivity contribution is 0.0718. The molecule has 0 saturated carbocycles. The fraction of sp³-hybridized carbons (Fsp3) is 0.185. The van der Waals surface area contributed by atoms with Gasteiger partial charge in [-0.05, 0) is 43.3 Å². The highest BCUT2D eigenvalue weighted by Gasteiger charge is 2.29. The van der Waals surface area contributed by atoms with E-state index < -0.39 is 0 Å². The van der Waals surface area contributed by atoms with Gasteiger partial charge in [-0.2, -0.15) is 0 Å². The second-order valence-electron chi connectivity index (χ2n) is 8.24. The zero-order valence-electron chi connectivity index (χ0n) is 18.5. The van der Waals surface area contributed by atoms with Crippen LogP contribution in [0.25, 0.3) is 11.0 Å². The van der Waals surface area contributed by atoms with Gasteiger partial charge in [0, 0.05) is 42.8 Å². The van der Waals surface area contributed by atoms with Gasteiger partial charge >= 0.3 is 0 Å². The molecule has 33 heavy (non-hydrogen) atoms. The van der Waals surface area contributed by atoms with Crippen molar-refractivity contribution in [3.8, 4) is 0 Å². The number of rotatable bonds is 4. The lowest BCUT2D eigenvalue weighted by atomic mass is 10.1. The maximum atomic E-state index is 13.5. The van der Waals surface area contributed by atoms with Crippen molar-refractivity contribution in [1.29, 1.82) is 0 Å². The van der Waals surface area contributed by atoms with Crippen LogP contribution >= 0.6 is 0 Å². The van der Waals surface area contributed by atoms with E-state index in [-0.39, 0.29) is 17.6 Å². The Balaban J connectivity index is 1.40. The fourth-order valence-corrected chi connectivity index (χ4v) is 4.24. The summed E-state index contributed by atoms with van der Waals surface area (Å²) in [6.07, 6.45) is 0. The fourth-order valence-electron chi connectivity index (χ4n) is 4.24. The second kappa shape index (κ2) is 8.82. The van der Waals surface area contributed by atoms with Crippen LogP contribution in [0.1, 0.15) is 26.5 Å². The van der Waals surface area contributed by atoms with Crippen molar-refractivity contribution in [1.82, 2.24) is 4.90 Å². The molecule has 3 aromatic carbocycles. The number of aryl methyl sites for hydroxylation is 1. The standard InChI is InChI=1S/C27H25N3O3/c1-19-8-7-9-20(18-19)26(31)28-24-22-12-5-6-13-23(22)33-25(24)27(32)30-16-14-29(15-17-30)21-10-3-2-4-11-21/h2-13,18H,14-17H2,1H3,(H,28,31). The topological polar surface area (TPSA) is 65.8 Å². The number of fused-ring (bicyclic) bond motifs is 1. The molecule has 0 unspecified atom stereocenters. The number of anilines is 2. The molecule has 166 valence electrons. The molecule has 0 atom stereocenters. The maximum absolute atomic E-state index is 13.5. The lowest BCUT2D eigenvalue weighted by Gasteiger charge is -2.35. The summed E-state index contributed by atoms with van der Waals surface area (Å²) in [7, 11) is 0. The summed E-state index contributed by atoms with van der Waals surface area (Å²) >= 11 is 0. The highest BCUT2D eigenvalue weighted by molar-refractivity contribution is 6.14. The highest BCUT2D eigenvalue weighted by Crippen LogP contribution is 2.32. The Morgan fingerprint density at radius 3 is 2.33 bits per heavy atom. The molecule has 1 saturated heterocycles. The first kappa shape index (κ1) is 20.8. The molecule has 1 fully saturated rings. The first-order valence-electron chi connectivity index (χ1n) is 11.1. The molecular weight excluding hydrogens is 414 g/mol. The van der Waals surface area contributed by atoms with Crippen molar-refractivity contribution in [3.63, 3.8) is 0 Å². The van der Waals surface area contributed by atoms with Gasteiger partial charge in [0.1, 0.15) is 11.3 Å². The Hall–Kier alpha value is -4.06. The summed E-state index contributed by atoms with van der Waals surface area (Å²) in [5.74, 6) is -0.308. The number of carbonyl (C=O) groups excluding carboxylic acids is 2. The van der Waals surface area contributed by atoms with Gasteiger partial charge in [-0.1, -0.05) is 48.0 Å². The van der Waals surface area contributed by atoms with Gasteiger partial charge in [0.25, 0.3) is 11.8 Å². The molecule has 0 aliphatic carbocycles. The SMILES string of the molecule is Cc1cccc(C(=O)Nc2c(C(=O)N3CCN(c4ccccc4)CC3)oc3ccccc23)c1. The summed E-state index contributed by atoms with van der Waals surface area (Å²) in [6, 6.07) is 24.9. The van der Waals surface area contributed by atoms with Gasteiger partial charge in [0.15, 0.2) is 0 Å². The number of para-hydroxylation sites is 2. The summed E-state index contributed by atoms with van der Waals surface area (Å²) in [5.41, 5.74) is 3.68. The minimum atomic E-state index is -0.270. The minimum absolute atomic E-state index is 0.172. The Bertz CT molecular complexity index is 1300. The van der Waals surface area contributed by atoms with Crippen molar-refractivity contribution < 1.29 is 14.0 Å². The van der Waals surface area contributed by atoms with Crippen LogP contribution in [-0.4, -0.2) is 42.9 Å². The number of piperazine rings is 1. The molecule has 1 N–H and O–H groups in total. The number of hydrogen-bond donors (Lipinski definition) is 1. The van der Waals surface area contributed by atoms with Crippen molar-refractivity contribution in [2.24, 2.45) is 0 Å². The summed E-state index contributed by atoms with van der Waals surface area (Å²) in [5, 5.41) is 3.65. The predicted octanol–water partition coefficient (Wildman–Crippen LogP) is 4.96. The monoisotopic (exact) mass is 439 g/mol. The molecule has 6 nitrogen and oxygen atoms in total. The van der Waals surface area contributed by atoms with E-state index in [4.69, 9.17) is 4.42 Å². The van der Waals surface area contributed by atoms with Crippen LogP contribution < -0.4 is 10.2 Å². The third kappa shape index (κ3) is 4.20. The Morgan fingerprint density at radius 1 is 0.848 bits per heavy atom. The molecule has 1 aliphatic heterocycles. The quantitative estimate of drug-likeness (QED) is 0.488. The van der Waals surface area contributed by atoms with Crippen LogP contribution in [0.3, 0.4) is 0 Å². The number of nitrogens with zero attached hydrogens (tertiary/aromatic N) is 2. The number of furan rings is 1. The molecular formula is C27H25N3O3. The number of hydrogen-bond acceptors (Lipinski definition) is 4. The van der Waals surface area contributed by atoms with Gasteiger partial charge in [-0.25, -0.2) is 0 Å². The van der Waals surface area contributed by atoms with E-state index in [2.05, 4.69) is 22.3 Å². The van der Waals surface area contributed by atoms with E-state index in [0.29, 0.717) is 35.3 Å². The molecule has 0 bridgehead atoms. The van der Waals surface area contributed by atoms with Gasteiger partial charge in [-0.3, -0.25) is 9.59 Å². The Labute approximate surface area is 192 Å². The molecule has 1 aliphatic rings. The maximum Gasteiger partial charge on any atom is 0.291 e. The van der Waals surface area contributed by atoms with Crippen molar-refractivity contribution in [2.75, 3.05) is 36.4 Å². The molecule has 6 heteroatoms. The van der Waals surface area contributed by atoms with Crippen LogP contribution in [0.4, 0.5) is 11.4 Å². The number of nitrogens with one attached hydrogen (secondary N) is 1. The molecule has 0 spiro atoms. The summed E-state index contributed by atoms with van der Waals surface area (Å²) in [6.45, 7) is 4.57. The third-order valence-corrected chi connectivity index (χ3v) is 6.00. The van der Waals surface area contributed by atoms with Crippen LogP contribution in [-0.2, 0) is 0 Å². The lowest BCUT2D eigenvalue weighted by Crippen LogP contribution is -2.48. The number of amides is 2. The van der Waals surface area contributed by atoms with Crippen LogP contribution in [0.15, 0.2) is 83.3 Å². The summed E-state index contributed by atoms with van der Waals surface area (Å²) in [4.78, 5) is 30.5. The predicted molar refractivity (Wildman–Crippen MR) is 130 cm³/mol. The smallest absolute Gasteiger partial charge is 0.291 e. The van der Waals surface area contributed by atoms with E-state index in [1.54, 1.807) is 11.0 Å². The van der Waals surface area contributed by atoms with Gasteiger partial charge in [0.05, 0.1) is 0 Å². The van der Waals surface area contributed by atoms with Gasteiger partial charge < -0.3 is 19.5 Å². The largest absolute Gasteiger partial charge is 0.449 e. The van der Waals surface area contributed by atoms with Gasteiger partial charge in [-0.15, -0.1) is 0 Å². The Morgan fingerprint density at radius 2 is 1.58 bits per heavy atom. The second-order valence-corrected chi connectivity index (χ2v) is 8.24. The molecule has 0 radical (unpaired) electrons. The average Bonchev–Trinajstić information content (AvgIpc) is 3.22. The molecule has 5 rings (SSSR count). The van der Waals surface area contributed by atoms with E-state index in [1.165, 1.54) is 0 Å². The van der Waals surface area contributed by atoms with Crippen LogP contribution in [0.2, 0.25) is 0 Å². The third-order valence-electron chi connectivity index (χ3n) is 6.00. The number of benzene rings is 3. The summed E-state index contributed by atoms with van der Waals surface area (Å²) < 4.78 is 5.97. The molecule has 1 aromatic heterocycles.